The molecular weight excluding hydrogens is 225 g/mol. The molecule has 0 saturated carbocycles. The van der Waals surface area contributed by atoms with Crippen LogP contribution in [0.2, 0.25) is 0 Å². The number of hydrogen-bond acceptors (Lipinski definition) is 4. The second-order valence-electron chi connectivity index (χ2n) is 4.11. The molecule has 1 aliphatic rings. The number of ether oxygens (including phenoxy) is 2. The zero-order valence-corrected chi connectivity index (χ0v) is 9.48. The molecule has 0 unspecified atom stereocenters. The minimum Gasteiger partial charge on any atom is -0.469 e. The van der Waals surface area contributed by atoms with Gasteiger partial charge in [0.05, 0.1) is 25.9 Å². The molecule has 5 heteroatoms. The van der Waals surface area contributed by atoms with Crippen molar-refractivity contribution >= 4 is 5.97 Å². The maximum atomic E-state index is 13.7. The second-order valence-corrected chi connectivity index (χ2v) is 4.11. The highest BCUT2D eigenvalue weighted by atomic mass is 19.1. The summed E-state index contributed by atoms with van der Waals surface area (Å²) in [6, 6.07) is 6.14. The van der Waals surface area contributed by atoms with E-state index in [1.807, 2.05) is 0 Å². The monoisotopic (exact) mass is 239 g/mol. The van der Waals surface area contributed by atoms with Crippen molar-refractivity contribution in [1.29, 1.82) is 0 Å². The molecule has 2 N–H and O–H groups in total. The van der Waals surface area contributed by atoms with Crippen molar-refractivity contribution in [2.45, 2.75) is 5.54 Å². The zero-order valence-electron chi connectivity index (χ0n) is 9.48. The van der Waals surface area contributed by atoms with Crippen LogP contribution >= 0.6 is 0 Å². The van der Waals surface area contributed by atoms with E-state index in [1.54, 1.807) is 18.2 Å². The lowest BCUT2D eigenvalue weighted by molar-refractivity contribution is -0.147. The Balaban J connectivity index is 2.41. The van der Waals surface area contributed by atoms with E-state index in [-0.39, 0.29) is 18.8 Å². The van der Waals surface area contributed by atoms with Gasteiger partial charge in [-0.15, -0.1) is 0 Å². The SMILES string of the molecule is COC(=O)[C@@H]1COC[C@@]1(N)c1ccccc1F. The van der Waals surface area contributed by atoms with E-state index in [9.17, 15) is 9.18 Å². The fraction of sp³-hybridized carbons (Fsp3) is 0.417. The van der Waals surface area contributed by atoms with E-state index < -0.39 is 23.2 Å². The first kappa shape index (κ1) is 12.0. The van der Waals surface area contributed by atoms with Crippen LogP contribution in [0, 0.1) is 11.7 Å². The zero-order chi connectivity index (χ0) is 12.5. The summed E-state index contributed by atoms with van der Waals surface area (Å²) in [4.78, 5) is 11.6. The summed E-state index contributed by atoms with van der Waals surface area (Å²) >= 11 is 0. The van der Waals surface area contributed by atoms with Crippen molar-refractivity contribution in [3.63, 3.8) is 0 Å². The van der Waals surface area contributed by atoms with Crippen LogP contribution in [-0.2, 0) is 19.8 Å². The smallest absolute Gasteiger partial charge is 0.313 e. The van der Waals surface area contributed by atoms with Crippen molar-refractivity contribution in [3.05, 3.63) is 35.6 Å². The van der Waals surface area contributed by atoms with Gasteiger partial charge in [-0.3, -0.25) is 4.79 Å². The highest BCUT2D eigenvalue weighted by molar-refractivity contribution is 5.75. The van der Waals surface area contributed by atoms with E-state index in [0.717, 1.165) is 0 Å². The molecule has 0 radical (unpaired) electrons. The van der Waals surface area contributed by atoms with Crippen LogP contribution in [0.4, 0.5) is 4.39 Å². The van der Waals surface area contributed by atoms with Gasteiger partial charge in [0.15, 0.2) is 0 Å². The van der Waals surface area contributed by atoms with Crippen LogP contribution in [0.15, 0.2) is 24.3 Å². The molecule has 1 fully saturated rings. The first-order valence-electron chi connectivity index (χ1n) is 5.29. The topological polar surface area (TPSA) is 61.5 Å². The summed E-state index contributed by atoms with van der Waals surface area (Å²) in [6.07, 6.45) is 0. The third-order valence-corrected chi connectivity index (χ3v) is 3.11. The van der Waals surface area contributed by atoms with Crippen molar-refractivity contribution in [2.24, 2.45) is 11.7 Å². The maximum Gasteiger partial charge on any atom is 0.313 e. The van der Waals surface area contributed by atoms with Gasteiger partial charge in [0.25, 0.3) is 0 Å². The molecule has 2 rings (SSSR count). The number of carbonyl (C=O) groups excluding carboxylic acids is 1. The van der Waals surface area contributed by atoms with Crippen molar-refractivity contribution in [2.75, 3.05) is 20.3 Å². The molecule has 1 heterocycles. The minimum absolute atomic E-state index is 0.105. The first-order chi connectivity index (χ1) is 8.09. The number of halogens is 1. The fourth-order valence-corrected chi connectivity index (χ4v) is 2.12. The summed E-state index contributed by atoms with van der Waals surface area (Å²) in [5.41, 5.74) is 5.27. The number of hydrogen-bond donors (Lipinski definition) is 1. The Morgan fingerprint density at radius 3 is 2.94 bits per heavy atom. The van der Waals surface area contributed by atoms with Gasteiger partial charge in [-0.25, -0.2) is 4.39 Å². The number of esters is 1. The van der Waals surface area contributed by atoms with Crippen LogP contribution in [0.3, 0.4) is 0 Å². The Labute approximate surface area is 98.5 Å². The molecule has 1 aromatic carbocycles. The third kappa shape index (κ3) is 1.92. The predicted octanol–water partition coefficient (Wildman–Crippen LogP) is 0.799. The average molecular weight is 239 g/mol. The van der Waals surface area contributed by atoms with Gasteiger partial charge in [0, 0.05) is 5.56 Å². The van der Waals surface area contributed by atoms with E-state index >= 15 is 0 Å². The molecule has 2 atom stereocenters. The number of nitrogens with two attached hydrogens (primary N) is 1. The Bertz CT molecular complexity index is 438. The van der Waals surface area contributed by atoms with Crippen LogP contribution in [0.1, 0.15) is 5.56 Å². The third-order valence-electron chi connectivity index (χ3n) is 3.11. The van der Waals surface area contributed by atoms with Crippen LogP contribution < -0.4 is 5.73 Å². The highest BCUT2D eigenvalue weighted by Crippen LogP contribution is 2.35. The lowest BCUT2D eigenvalue weighted by atomic mass is 9.81. The molecule has 17 heavy (non-hydrogen) atoms. The van der Waals surface area contributed by atoms with Gasteiger partial charge >= 0.3 is 5.97 Å². The van der Waals surface area contributed by atoms with Gasteiger partial charge < -0.3 is 15.2 Å². The van der Waals surface area contributed by atoms with Gasteiger partial charge in [-0.1, -0.05) is 18.2 Å². The second kappa shape index (κ2) is 4.43. The lowest BCUT2D eigenvalue weighted by Gasteiger charge is -2.28. The van der Waals surface area contributed by atoms with Crippen LogP contribution in [0.25, 0.3) is 0 Å². The summed E-state index contributed by atoms with van der Waals surface area (Å²) < 4.78 is 23.6. The predicted molar refractivity (Wildman–Crippen MR) is 58.6 cm³/mol. The molecule has 1 aromatic rings. The fourth-order valence-electron chi connectivity index (χ4n) is 2.12. The highest BCUT2D eigenvalue weighted by Gasteiger charge is 2.48. The Hall–Kier alpha value is -1.46. The first-order valence-corrected chi connectivity index (χ1v) is 5.29. The molecule has 1 saturated heterocycles. The minimum atomic E-state index is -1.15. The van der Waals surface area contributed by atoms with E-state index in [1.165, 1.54) is 13.2 Å². The summed E-state index contributed by atoms with van der Waals surface area (Å²) in [6.45, 7) is 0.255. The summed E-state index contributed by atoms with van der Waals surface area (Å²) in [7, 11) is 1.28. The Kier molecular flexibility index (Phi) is 3.13. The van der Waals surface area contributed by atoms with Crippen molar-refractivity contribution in [3.8, 4) is 0 Å². The molecule has 0 aliphatic carbocycles. The van der Waals surface area contributed by atoms with Crippen LogP contribution in [0.5, 0.6) is 0 Å². The van der Waals surface area contributed by atoms with Crippen molar-refractivity contribution in [1.82, 2.24) is 0 Å². The standard InChI is InChI=1S/C12H14FNO3/c1-16-11(15)9-6-17-7-12(9,14)8-4-2-3-5-10(8)13/h2-5,9H,6-7,14H2,1H3/t9-,12+/m0/s1. The van der Waals surface area contributed by atoms with Gasteiger partial charge in [0.2, 0.25) is 0 Å². The molecular formula is C12H14FNO3. The van der Waals surface area contributed by atoms with Crippen molar-refractivity contribution < 1.29 is 18.7 Å². The Morgan fingerprint density at radius 2 is 2.29 bits per heavy atom. The van der Waals surface area contributed by atoms with E-state index in [4.69, 9.17) is 10.5 Å². The molecule has 0 bridgehead atoms. The number of benzene rings is 1. The maximum absolute atomic E-state index is 13.7. The molecule has 1 aliphatic heterocycles. The molecule has 92 valence electrons. The number of rotatable bonds is 2. The van der Waals surface area contributed by atoms with Gasteiger partial charge in [0.1, 0.15) is 11.7 Å². The van der Waals surface area contributed by atoms with E-state index in [0.29, 0.717) is 0 Å². The molecule has 0 spiro atoms. The van der Waals surface area contributed by atoms with Gasteiger partial charge in [-0.05, 0) is 6.07 Å². The molecule has 4 nitrogen and oxygen atoms in total. The number of methoxy groups -OCH3 is 1. The van der Waals surface area contributed by atoms with Gasteiger partial charge in [-0.2, -0.15) is 0 Å². The largest absolute Gasteiger partial charge is 0.469 e. The molecule has 0 amide bonds. The average Bonchev–Trinajstić information content (AvgIpc) is 2.72. The number of carbonyl (C=O) groups is 1. The summed E-state index contributed by atoms with van der Waals surface area (Å²) in [5, 5.41) is 0. The molecule has 0 aromatic heterocycles. The van der Waals surface area contributed by atoms with E-state index in [2.05, 4.69) is 4.74 Å². The summed E-state index contributed by atoms with van der Waals surface area (Å²) in [5.74, 6) is -1.59. The lowest BCUT2D eigenvalue weighted by Crippen LogP contribution is -2.48. The normalized spacial score (nSPS) is 28.1. The quantitative estimate of drug-likeness (QED) is 0.775. The Morgan fingerprint density at radius 1 is 1.59 bits per heavy atom. The van der Waals surface area contributed by atoms with Crippen LogP contribution in [-0.4, -0.2) is 26.3 Å².